The van der Waals surface area contributed by atoms with Crippen molar-refractivity contribution in [2.75, 3.05) is 0 Å². The van der Waals surface area contributed by atoms with E-state index in [1.807, 2.05) is 24.3 Å². The van der Waals surface area contributed by atoms with E-state index in [9.17, 15) is 4.79 Å². The first-order chi connectivity index (χ1) is 8.29. The number of ketones is 1. The summed E-state index contributed by atoms with van der Waals surface area (Å²) in [6.45, 7) is 6.00. The molecule has 86 valence electrons. The third-order valence-electron chi connectivity index (χ3n) is 2.61. The molecule has 1 aliphatic rings. The molecule has 0 aromatic heterocycles. The molecule has 0 N–H and O–H groups in total. The van der Waals surface area contributed by atoms with E-state index in [4.69, 9.17) is 5.26 Å². The van der Waals surface area contributed by atoms with Crippen molar-refractivity contribution < 1.29 is 4.79 Å². The smallest absolute Gasteiger partial charge is 0.137 e. The van der Waals surface area contributed by atoms with Crippen LogP contribution in [-0.4, -0.2) is 5.78 Å². The number of benzene rings is 1. The lowest BCUT2D eigenvalue weighted by molar-refractivity contribution is -0.118. The zero-order valence-electron chi connectivity index (χ0n) is 9.78. The molecule has 2 heteroatoms. The van der Waals surface area contributed by atoms with Crippen molar-refractivity contribution in [2.24, 2.45) is 0 Å². The summed E-state index contributed by atoms with van der Waals surface area (Å²) >= 11 is 0. The van der Waals surface area contributed by atoms with Gasteiger partial charge in [-0.1, -0.05) is 18.2 Å². The van der Waals surface area contributed by atoms with E-state index >= 15 is 0 Å². The number of carbonyl (C=O) groups is 1. The fourth-order valence-corrected chi connectivity index (χ4v) is 1.77. The van der Waals surface area contributed by atoms with E-state index in [2.05, 4.69) is 19.2 Å². The molecule has 0 saturated heterocycles. The molecule has 0 aliphatic heterocycles. The van der Waals surface area contributed by atoms with Gasteiger partial charge in [-0.15, -0.1) is 13.2 Å². The minimum absolute atomic E-state index is 0.301. The van der Waals surface area contributed by atoms with E-state index in [1.165, 1.54) is 5.57 Å². The maximum atomic E-state index is 11.1. The minimum atomic E-state index is 0.301. The van der Waals surface area contributed by atoms with E-state index < -0.39 is 0 Å². The lowest BCUT2D eigenvalue weighted by Gasteiger charge is -2.12. The van der Waals surface area contributed by atoms with Crippen LogP contribution >= 0.6 is 0 Å². The van der Waals surface area contributed by atoms with Gasteiger partial charge in [0, 0.05) is 12.8 Å². The summed E-state index contributed by atoms with van der Waals surface area (Å²) in [6.07, 6.45) is 3.94. The van der Waals surface area contributed by atoms with Crippen LogP contribution in [0.1, 0.15) is 30.4 Å². The highest BCUT2D eigenvalue weighted by Crippen LogP contribution is 2.25. The molecule has 0 fully saturated rings. The Kier molecular flexibility index (Phi) is 4.90. The van der Waals surface area contributed by atoms with Gasteiger partial charge >= 0.3 is 0 Å². The highest BCUT2D eigenvalue weighted by molar-refractivity contribution is 5.86. The highest BCUT2D eigenvalue weighted by atomic mass is 16.1. The summed E-state index contributed by atoms with van der Waals surface area (Å²) in [6, 6.07) is 9.66. The molecule has 0 heterocycles. The monoisotopic (exact) mass is 225 g/mol. The maximum absolute atomic E-state index is 11.1. The quantitative estimate of drug-likeness (QED) is 0.686. The first-order valence-electron chi connectivity index (χ1n) is 5.51. The van der Waals surface area contributed by atoms with E-state index in [0.29, 0.717) is 24.2 Å². The fourth-order valence-electron chi connectivity index (χ4n) is 1.77. The predicted octanol–water partition coefficient (Wildman–Crippen LogP) is 3.50. The Labute approximate surface area is 102 Å². The van der Waals surface area contributed by atoms with Gasteiger partial charge in [0.05, 0.1) is 11.6 Å². The Bertz CT molecular complexity index is 480. The number of rotatable bonds is 1. The Morgan fingerprint density at radius 1 is 1.24 bits per heavy atom. The molecule has 1 aromatic carbocycles. The van der Waals surface area contributed by atoms with Gasteiger partial charge in [-0.05, 0) is 29.7 Å². The molecule has 0 bridgehead atoms. The molecule has 0 unspecified atom stereocenters. The third kappa shape index (κ3) is 3.42. The van der Waals surface area contributed by atoms with Crippen LogP contribution in [0.4, 0.5) is 0 Å². The first-order valence-corrected chi connectivity index (χ1v) is 5.51. The number of nitrogens with zero attached hydrogens (tertiary/aromatic N) is 1. The summed E-state index contributed by atoms with van der Waals surface area (Å²) in [5, 5.41) is 8.78. The number of carbonyl (C=O) groups excluding carboxylic acids is 1. The largest absolute Gasteiger partial charge is 0.299 e. The lowest BCUT2D eigenvalue weighted by atomic mass is 9.92. The minimum Gasteiger partial charge on any atom is -0.299 e. The van der Waals surface area contributed by atoms with Gasteiger partial charge in [0.15, 0.2) is 0 Å². The Balaban J connectivity index is 0.000000686. The topological polar surface area (TPSA) is 40.9 Å². The fraction of sp³-hybridized carbons (Fsp3) is 0.200. The normalized spacial score (nSPS) is 14.1. The molecule has 17 heavy (non-hydrogen) atoms. The van der Waals surface area contributed by atoms with Crippen LogP contribution in [0.3, 0.4) is 0 Å². The summed E-state index contributed by atoms with van der Waals surface area (Å²) in [7, 11) is 0. The second-order valence-corrected chi connectivity index (χ2v) is 3.66. The van der Waals surface area contributed by atoms with Crippen LogP contribution in [-0.2, 0) is 4.79 Å². The van der Waals surface area contributed by atoms with Crippen molar-refractivity contribution in [3.8, 4) is 6.07 Å². The maximum Gasteiger partial charge on any atom is 0.137 e. The van der Waals surface area contributed by atoms with Gasteiger partial charge in [0.1, 0.15) is 5.78 Å². The average molecular weight is 225 g/mol. The van der Waals surface area contributed by atoms with Crippen LogP contribution in [0, 0.1) is 11.3 Å². The van der Waals surface area contributed by atoms with Crippen molar-refractivity contribution in [1.29, 1.82) is 5.26 Å². The van der Waals surface area contributed by atoms with Gasteiger partial charge in [0.2, 0.25) is 0 Å². The third-order valence-corrected chi connectivity index (χ3v) is 2.61. The highest BCUT2D eigenvalue weighted by Gasteiger charge is 2.11. The molecule has 0 atom stereocenters. The van der Waals surface area contributed by atoms with Crippen LogP contribution in [0.15, 0.2) is 43.5 Å². The molecular weight excluding hydrogens is 210 g/mol. The number of Topliss-reactive ketones (excluding diaryl/α,β-unsaturated/α-hetero) is 1. The van der Waals surface area contributed by atoms with Crippen LogP contribution in [0.2, 0.25) is 0 Å². The van der Waals surface area contributed by atoms with Gasteiger partial charge in [-0.3, -0.25) is 4.79 Å². The number of nitriles is 1. The summed E-state index contributed by atoms with van der Waals surface area (Å²) < 4.78 is 0. The predicted molar refractivity (Wildman–Crippen MR) is 69.2 cm³/mol. The van der Waals surface area contributed by atoms with Gasteiger partial charge in [0.25, 0.3) is 0 Å². The van der Waals surface area contributed by atoms with Gasteiger partial charge in [-0.25, -0.2) is 0 Å². The van der Waals surface area contributed by atoms with Crippen molar-refractivity contribution >= 4 is 11.4 Å². The molecule has 2 rings (SSSR count). The van der Waals surface area contributed by atoms with Crippen molar-refractivity contribution in [3.05, 3.63) is 54.6 Å². The van der Waals surface area contributed by atoms with Crippen LogP contribution < -0.4 is 0 Å². The van der Waals surface area contributed by atoms with Crippen LogP contribution in [0.5, 0.6) is 0 Å². The molecule has 0 spiro atoms. The van der Waals surface area contributed by atoms with E-state index in [0.717, 1.165) is 12.0 Å². The molecular formula is C15H15NO. The average Bonchev–Trinajstić information content (AvgIpc) is 2.42. The molecule has 2 nitrogen and oxygen atoms in total. The Hall–Kier alpha value is -2.14. The first kappa shape index (κ1) is 12.9. The van der Waals surface area contributed by atoms with E-state index in [1.54, 1.807) is 6.07 Å². The molecule has 1 aliphatic carbocycles. The number of hydrogen-bond donors (Lipinski definition) is 0. The zero-order chi connectivity index (χ0) is 12.7. The van der Waals surface area contributed by atoms with Crippen molar-refractivity contribution in [1.82, 2.24) is 0 Å². The number of hydrogen-bond acceptors (Lipinski definition) is 2. The number of allylic oxidation sites excluding steroid dienone is 2. The van der Waals surface area contributed by atoms with Gasteiger partial charge in [-0.2, -0.15) is 5.26 Å². The lowest BCUT2D eigenvalue weighted by Crippen LogP contribution is -2.02. The second-order valence-electron chi connectivity index (χ2n) is 3.66. The summed E-state index contributed by atoms with van der Waals surface area (Å²) in [5.74, 6) is 0.301. The van der Waals surface area contributed by atoms with Crippen molar-refractivity contribution in [3.63, 3.8) is 0 Å². The molecule has 0 saturated carbocycles. The molecule has 0 amide bonds. The summed E-state index contributed by atoms with van der Waals surface area (Å²) in [4.78, 5) is 11.1. The molecule has 0 radical (unpaired) electrons. The SMILES string of the molecule is C=C.N#Cc1cccc(C2=CCC(=O)CC2)c1. The Morgan fingerprint density at radius 2 is 2.00 bits per heavy atom. The second kappa shape index (κ2) is 6.44. The van der Waals surface area contributed by atoms with Gasteiger partial charge < -0.3 is 0 Å². The van der Waals surface area contributed by atoms with E-state index in [-0.39, 0.29) is 0 Å². The summed E-state index contributed by atoms with van der Waals surface area (Å²) in [5.41, 5.74) is 2.93. The zero-order valence-corrected chi connectivity index (χ0v) is 9.78. The van der Waals surface area contributed by atoms with Crippen molar-refractivity contribution in [2.45, 2.75) is 19.3 Å². The molecule has 1 aromatic rings. The Morgan fingerprint density at radius 3 is 2.59 bits per heavy atom. The van der Waals surface area contributed by atoms with Crippen LogP contribution in [0.25, 0.3) is 5.57 Å². The standard InChI is InChI=1S/C13H11NO.C2H4/c14-9-10-2-1-3-12(8-10)11-4-6-13(15)7-5-11;1-2/h1-4,8H,5-7H2;1-2H2.